The van der Waals surface area contributed by atoms with Crippen molar-refractivity contribution >= 4 is 63.0 Å². The van der Waals surface area contributed by atoms with Crippen LogP contribution in [0, 0.1) is 0 Å². The Bertz CT molecular complexity index is 1220. The average Bonchev–Trinajstić information content (AvgIpc) is 3.41. The number of hydrogen-bond donors (Lipinski definition) is 1. The number of esters is 1. The van der Waals surface area contributed by atoms with E-state index in [1.54, 1.807) is 16.8 Å². The van der Waals surface area contributed by atoms with Crippen LogP contribution in [0.15, 0.2) is 47.2 Å². The highest BCUT2D eigenvalue weighted by molar-refractivity contribution is 7.14. The van der Waals surface area contributed by atoms with Crippen molar-refractivity contribution in [2.24, 2.45) is 0 Å². The summed E-state index contributed by atoms with van der Waals surface area (Å²) in [5.74, 6) is -1.63. The molecule has 7 nitrogen and oxygen atoms in total. The molecule has 1 N–H and O–H groups in total. The molecule has 172 valence electrons. The molecule has 0 saturated heterocycles. The first-order valence-corrected chi connectivity index (χ1v) is 10.9. The van der Waals surface area contributed by atoms with Crippen LogP contribution >= 0.6 is 22.7 Å². The molecule has 2 heterocycles. The zero-order valence-corrected chi connectivity index (χ0v) is 18.8. The number of nitrogens with one attached hydrogen (secondary N) is 1. The third kappa shape index (κ3) is 5.84. The SMILES string of the molecule is COC(=O)c1sccc1NC(=O)/C=C/c1csc(N(C(C)=O)c2cccc(C(F)(F)F)c2)n1. The van der Waals surface area contributed by atoms with E-state index >= 15 is 0 Å². The number of carbonyl (C=O) groups is 3. The lowest BCUT2D eigenvalue weighted by atomic mass is 10.2. The van der Waals surface area contributed by atoms with Crippen LogP contribution in [0.3, 0.4) is 0 Å². The van der Waals surface area contributed by atoms with Gasteiger partial charge < -0.3 is 10.1 Å². The number of aromatic nitrogens is 1. The number of benzene rings is 1. The van der Waals surface area contributed by atoms with Crippen molar-refractivity contribution in [2.45, 2.75) is 13.1 Å². The smallest absolute Gasteiger partial charge is 0.416 e. The molecule has 0 bridgehead atoms. The van der Waals surface area contributed by atoms with E-state index in [1.807, 2.05) is 0 Å². The summed E-state index contributed by atoms with van der Waals surface area (Å²) >= 11 is 2.15. The highest BCUT2D eigenvalue weighted by atomic mass is 32.1. The van der Waals surface area contributed by atoms with Gasteiger partial charge in [-0.15, -0.1) is 22.7 Å². The Balaban J connectivity index is 1.77. The summed E-state index contributed by atoms with van der Waals surface area (Å²) in [4.78, 5) is 41.6. The van der Waals surface area contributed by atoms with E-state index in [0.717, 1.165) is 39.7 Å². The number of rotatable bonds is 6. The first-order chi connectivity index (χ1) is 15.6. The van der Waals surface area contributed by atoms with Crippen molar-refractivity contribution in [1.29, 1.82) is 0 Å². The Labute approximate surface area is 194 Å². The maximum absolute atomic E-state index is 13.1. The van der Waals surface area contributed by atoms with Gasteiger partial charge >= 0.3 is 12.1 Å². The van der Waals surface area contributed by atoms with Crippen molar-refractivity contribution in [3.8, 4) is 0 Å². The monoisotopic (exact) mass is 495 g/mol. The number of hydrogen-bond acceptors (Lipinski definition) is 7. The topological polar surface area (TPSA) is 88.6 Å². The zero-order valence-electron chi connectivity index (χ0n) is 17.2. The molecule has 3 aromatic rings. The van der Waals surface area contributed by atoms with Crippen molar-refractivity contribution in [3.05, 3.63) is 63.3 Å². The number of nitrogens with zero attached hydrogens (tertiary/aromatic N) is 2. The van der Waals surface area contributed by atoms with E-state index in [9.17, 15) is 27.6 Å². The number of halogens is 3. The van der Waals surface area contributed by atoms with E-state index in [-0.39, 0.29) is 15.7 Å². The molecular formula is C21H16F3N3O4S2. The minimum absolute atomic E-state index is 0.0211. The predicted octanol–water partition coefficient (Wildman–Crippen LogP) is 5.35. The van der Waals surface area contributed by atoms with Crippen LogP contribution in [0.25, 0.3) is 6.08 Å². The van der Waals surface area contributed by atoms with Crippen LogP contribution in [0.5, 0.6) is 0 Å². The van der Waals surface area contributed by atoms with Crippen molar-refractivity contribution < 1.29 is 32.3 Å². The quantitative estimate of drug-likeness (QED) is 0.368. The van der Waals surface area contributed by atoms with Gasteiger partial charge in [-0.3, -0.25) is 14.5 Å². The maximum Gasteiger partial charge on any atom is 0.416 e. The molecule has 0 unspecified atom stereocenters. The predicted molar refractivity (Wildman–Crippen MR) is 120 cm³/mol. The van der Waals surface area contributed by atoms with Gasteiger partial charge in [-0.1, -0.05) is 6.07 Å². The summed E-state index contributed by atoms with van der Waals surface area (Å²) in [6.45, 7) is 1.21. The Hall–Kier alpha value is -3.51. The van der Waals surface area contributed by atoms with E-state index in [0.29, 0.717) is 11.4 Å². The molecule has 0 aliphatic carbocycles. The lowest BCUT2D eigenvalue weighted by molar-refractivity contribution is -0.137. The van der Waals surface area contributed by atoms with Gasteiger partial charge in [0, 0.05) is 18.4 Å². The molecule has 1 aromatic carbocycles. The number of carbonyl (C=O) groups excluding carboxylic acids is 3. The van der Waals surface area contributed by atoms with Crippen LogP contribution in [0.2, 0.25) is 0 Å². The van der Waals surface area contributed by atoms with Gasteiger partial charge in [0.15, 0.2) is 5.13 Å². The molecule has 33 heavy (non-hydrogen) atoms. The molecule has 0 fully saturated rings. The number of thiophene rings is 1. The summed E-state index contributed by atoms with van der Waals surface area (Å²) in [6.07, 6.45) is -2.00. The van der Waals surface area contributed by atoms with Crippen LogP contribution < -0.4 is 10.2 Å². The third-order valence-electron chi connectivity index (χ3n) is 4.15. The van der Waals surface area contributed by atoms with Gasteiger partial charge in [-0.2, -0.15) is 13.2 Å². The van der Waals surface area contributed by atoms with E-state index in [2.05, 4.69) is 15.0 Å². The van der Waals surface area contributed by atoms with Crippen LogP contribution in [0.4, 0.5) is 29.7 Å². The minimum atomic E-state index is -4.56. The summed E-state index contributed by atoms with van der Waals surface area (Å²) in [7, 11) is 1.23. The number of alkyl halides is 3. The molecule has 3 rings (SSSR count). The molecule has 0 aliphatic heterocycles. The normalized spacial score (nSPS) is 11.4. The first kappa shape index (κ1) is 24.1. The Morgan fingerprint density at radius 1 is 1.18 bits per heavy atom. The van der Waals surface area contributed by atoms with Crippen LogP contribution in [-0.4, -0.2) is 29.9 Å². The molecule has 2 aromatic heterocycles. The van der Waals surface area contributed by atoms with Gasteiger partial charge in [-0.25, -0.2) is 9.78 Å². The van der Waals surface area contributed by atoms with Crippen molar-refractivity contribution in [3.63, 3.8) is 0 Å². The molecule has 12 heteroatoms. The second-order valence-electron chi connectivity index (χ2n) is 6.44. The number of ether oxygens (including phenoxy) is 1. The maximum atomic E-state index is 13.1. The highest BCUT2D eigenvalue weighted by Gasteiger charge is 2.31. The largest absolute Gasteiger partial charge is 0.465 e. The lowest BCUT2D eigenvalue weighted by Gasteiger charge is -2.19. The van der Waals surface area contributed by atoms with Gasteiger partial charge in [0.2, 0.25) is 11.8 Å². The van der Waals surface area contributed by atoms with Crippen molar-refractivity contribution in [1.82, 2.24) is 4.98 Å². The molecule has 0 aliphatic rings. The fourth-order valence-corrected chi connectivity index (χ4v) is 4.32. The zero-order chi connectivity index (χ0) is 24.2. The molecule has 2 amide bonds. The van der Waals surface area contributed by atoms with Crippen molar-refractivity contribution in [2.75, 3.05) is 17.3 Å². The lowest BCUT2D eigenvalue weighted by Crippen LogP contribution is -2.23. The first-order valence-electron chi connectivity index (χ1n) is 9.18. The summed E-state index contributed by atoms with van der Waals surface area (Å²) in [5, 5.41) is 5.88. The van der Waals surface area contributed by atoms with Crippen LogP contribution in [0.1, 0.15) is 27.9 Å². The minimum Gasteiger partial charge on any atom is -0.465 e. The highest BCUT2D eigenvalue weighted by Crippen LogP contribution is 2.35. The number of methoxy groups -OCH3 is 1. The number of thiazole rings is 1. The Morgan fingerprint density at radius 3 is 2.61 bits per heavy atom. The Morgan fingerprint density at radius 2 is 1.94 bits per heavy atom. The van der Waals surface area contributed by atoms with Gasteiger partial charge in [0.1, 0.15) is 4.88 Å². The molecule has 0 spiro atoms. The van der Waals surface area contributed by atoms with E-state index in [1.165, 1.54) is 38.3 Å². The number of amides is 2. The van der Waals surface area contributed by atoms with Gasteiger partial charge in [-0.05, 0) is 35.7 Å². The molecule has 0 radical (unpaired) electrons. The van der Waals surface area contributed by atoms with E-state index in [4.69, 9.17) is 0 Å². The fourth-order valence-electron chi connectivity index (χ4n) is 2.70. The molecular weight excluding hydrogens is 479 g/mol. The van der Waals surface area contributed by atoms with Crippen LogP contribution in [-0.2, 0) is 20.5 Å². The summed E-state index contributed by atoms with van der Waals surface area (Å²) in [5.41, 5.74) is -0.248. The summed E-state index contributed by atoms with van der Waals surface area (Å²) in [6, 6.07) is 5.92. The standard InChI is InChI=1S/C21H16F3N3O4S2/c1-12(28)27(15-5-3-4-13(10-15)21(22,23)24)20-25-14(11-33-20)6-7-17(29)26-16-8-9-32-18(16)19(30)31-2/h3-11H,1-2H3,(H,26,29)/b7-6+. The molecule has 0 saturated carbocycles. The van der Waals surface area contributed by atoms with E-state index < -0.39 is 29.5 Å². The third-order valence-corrected chi connectivity index (χ3v) is 5.89. The average molecular weight is 496 g/mol. The number of anilines is 3. The second kappa shape index (κ2) is 9.96. The summed E-state index contributed by atoms with van der Waals surface area (Å²) < 4.78 is 43.8. The Kier molecular flexibility index (Phi) is 7.29. The van der Waals surface area contributed by atoms with Gasteiger partial charge in [0.25, 0.3) is 0 Å². The van der Waals surface area contributed by atoms with Gasteiger partial charge in [0.05, 0.1) is 29.7 Å². The molecule has 0 atom stereocenters. The fraction of sp³-hybridized carbons (Fsp3) is 0.143. The second-order valence-corrected chi connectivity index (χ2v) is 8.19.